The van der Waals surface area contributed by atoms with Gasteiger partial charge in [0.25, 0.3) is 5.95 Å². The Balaban J connectivity index is 2.82. The van der Waals surface area contributed by atoms with Crippen LogP contribution in [0.5, 0.6) is 5.75 Å². The Kier molecular flexibility index (Phi) is 6.10. The number of para-hydroxylation sites is 1. The van der Waals surface area contributed by atoms with Crippen LogP contribution in [0.2, 0.25) is 39.3 Å². The van der Waals surface area contributed by atoms with Crippen LogP contribution in [-0.4, -0.2) is 23.2 Å². The molecule has 0 heterocycles. The normalized spacial score (nSPS) is 11.8. The van der Waals surface area contributed by atoms with Gasteiger partial charge in [0.05, 0.1) is 0 Å². The first kappa shape index (κ1) is 17.8. The maximum atomic E-state index is 6.12. The average Bonchev–Trinajstić information content (AvgIpc) is 2.33. The Morgan fingerprint density at radius 3 is 1.76 bits per heavy atom. The first-order valence-corrected chi connectivity index (χ1v) is 14.1. The molecule has 0 bridgehead atoms. The van der Waals surface area contributed by atoms with E-state index in [-0.39, 0.29) is 0 Å². The monoisotopic (exact) mass is 324 g/mol. The van der Waals surface area contributed by atoms with E-state index in [1.807, 2.05) is 37.3 Å². The van der Waals surface area contributed by atoms with E-state index in [4.69, 9.17) is 13.6 Å². The fourth-order valence-corrected chi connectivity index (χ4v) is 3.15. The fraction of sp³-hybridized carbons (Fsp3) is 0.500. The molecule has 0 fully saturated rings. The van der Waals surface area contributed by atoms with E-state index < -0.39 is 16.6 Å². The summed E-state index contributed by atoms with van der Waals surface area (Å²) >= 11 is 0. The van der Waals surface area contributed by atoms with Crippen LogP contribution in [0.3, 0.4) is 0 Å². The second-order valence-corrected chi connectivity index (χ2v) is 16.0. The van der Waals surface area contributed by atoms with Crippen molar-refractivity contribution in [3.8, 4) is 5.75 Å². The van der Waals surface area contributed by atoms with E-state index in [1.54, 1.807) is 0 Å². The first-order chi connectivity index (χ1) is 9.57. The third-order valence-electron chi connectivity index (χ3n) is 2.34. The Morgan fingerprint density at radius 2 is 1.33 bits per heavy atom. The second-order valence-electron chi connectivity index (χ2n) is 7.10. The van der Waals surface area contributed by atoms with Gasteiger partial charge in [-0.05, 0) is 58.3 Å². The molecule has 1 aromatic rings. The van der Waals surface area contributed by atoms with Gasteiger partial charge >= 0.3 is 0 Å². The molecule has 0 N–H and O–H groups in total. The molecule has 0 spiro atoms. The van der Waals surface area contributed by atoms with Crippen LogP contribution in [-0.2, 0) is 8.85 Å². The third kappa shape index (κ3) is 7.97. The molecule has 0 aromatic heterocycles. The lowest BCUT2D eigenvalue weighted by atomic mass is 10.3. The van der Waals surface area contributed by atoms with Crippen molar-refractivity contribution in [2.45, 2.75) is 46.2 Å². The molecular weight excluding hydrogens is 296 g/mol. The van der Waals surface area contributed by atoms with E-state index in [2.05, 4.69) is 39.3 Å². The van der Waals surface area contributed by atoms with Crippen molar-refractivity contribution < 1.29 is 13.6 Å². The Morgan fingerprint density at radius 1 is 0.857 bits per heavy atom. The van der Waals surface area contributed by atoms with E-state index in [9.17, 15) is 0 Å². The van der Waals surface area contributed by atoms with E-state index in [1.165, 1.54) is 0 Å². The average molecular weight is 325 g/mol. The zero-order chi connectivity index (χ0) is 16.1. The molecule has 0 aliphatic carbocycles. The van der Waals surface area contributed by atoms with Gasteiger partial charge in [-0.25, -0.2) is 0 Å². The number of ether oxygens (including phenoxy) is 1. The fourth-order valence-electron chi connectivity index (χ4n) is 1.52. The molecule has 0 atom stereocenters. The van der Waals surface area contributed by atoms with Gasteiger partial charge in [0, 0.05) is 5.57 Å². The van der Waals surface area contributed by atoms with Crippen molar-refractivity contribution in [2.75, 3.05) is 6.61 Å². The van der Waals surface area contributed by atoms with Gasteiger partial charge in [-0.1, -0.05) is 18.2 Å². The van der Waals surface area contributed by atoms with Crippen LogP contribution >= 0.6 is 0 Å². The van der Waals surface area contributed by atoms with E-state index in [0.717, 1.165) is 11.3 Å². The molecule has 0 unspecified atom stereocenters. The van der Waals surface area contributed by atoms with Crippen LogP contribution in [0.1, 0.15) is 6.92 Å². The molecule has 0 radical (unpaired) electrons. The largest absolute Gasteiger partial charge is 0.521 e. The minimum atomic E-state index is -1.71. The highest BCUT2D eigenvalue weighted by Gasteiger charge is 2.25. The lowest BCUT2D eigenvalue weighted by Crippen LogP contribution is -2.32. The highest BCUT2D eigenvalue weighted by molar-refractivity contribution is 6.71. The van der Waals surface area contributed by atoms with Crippen LogP contribution in [0.4, 0.5) is 0 Å². The van der Waals surface area contributed by atoms with Crippen molar-refractivity contribution in [3.05, 3.63) is 41.9 Å². The zero-order valence-electron chi connectivity index (χ0n) is 14.3. The van der Waals surface area contributed by atoms with Crippen LogP contribution < -0.4 is 4.74 Å². The smallest absolute Gasteiger partial charge is 0.253 e. The SMILES string of the molecule is CC(COc1ccccc1)=C(O[Si](C)(C)C)O[Si](C)(C)C. The number of hydrogen-bond acceptors (Lipinski definition) is 3. The summed E-state index contributed by atoms with van der Waals surface area (Å²) in [6, 6.07) is 9.81. The zero-order valence-corrected chi connectivity index (χ0v) is 16.3. The quantitative estimate of drug-likeness (QED) is 0.522. The molecule has 1 rings (SSSR count). The Hall–Kier alpha value is -1.21. The molecule has 0 aliphatic rings. The van der Waals surface area contributed by atoms with Gasteiger partial charge in [-0.2, -0.15) is 0 Å². The maximum Gasteiger partial charge on any atom is 0.253 e. The van der Waals surface area contributed by atoms with Crippen molar-refractivity contribution in [1.29, 1.82) is 0 Å². The molecule has 0 amide bonds. The number of rotatable bonds is 7. The summed E-state index contributed by atoms with van der Waals surface area (Å²) < 4.78 is 18.0. The molecule has 21 heavy (non-hydrogen) atoms. The number of hydrogen-bond donors (Lipinski definition) is 0. The molecular formula is C16H28O3Si2. The minimum Gasteiger partial charge on any atom is -0.521 e. The van der Waals surface area contributed by atoms with Crippen molar-refractivity contribution in [1.82, 2.24) is 0 Å². The summed E-state index contributed by atoms with van der Waals surface area (Å²) in [5.74, 6) is 1.53. The van der Waals surface area contributed by atoms with E-state index in [0.29, 0.717) is 12.6 Å². The predicted molar refractivity (Wildman–Crippen MR) is 93.5 cm³/mol. The maximum absolute atomic E-state index is 6.12. The predicted octanol–water partition coefficient (Wildman–Crippen LogP) is 5.00. The first-order valence-electron chi connectivity index (χ1n) is 7.32. The van der Waals surface area contributed by atoms with Gasteiger partial charge in [0.2, 0.25) is 16.6 Å². The summed E-state index contributed by atoms with van der Waals surface area (Å²) in [5.41, 5.74) is 1.00. The summed E-state index contributed by atoms with van der Waals surface area (Å²) in [7, 11) is -3.41. The lowest BCUT2D eigenvalue weighted by Gasteiger charge is -2.29. The molecule has 3 nitrogen and oxygen atoms in total. The molecule has 0 saturated heterocycles. The van der Waals surface area contributed by atoms with E-state index >= 15 is 0 Å². The van der Waals surface area contributed by atoms with Crippen LogP contribution in [0, 0.1) is 0 Å². The van der Waals surface area contributed by atoms with Gasteiger partial charge in [-0.3, -0.25) is 0 Å². The number of benzene rings is 1. The molecule has 5 heteroatoms. The van der Waals surface area contributed by atoms with Gasteiger partial charge in [-0.15, -0.1) is 0 Å². The highest BCUT2D eigenvalue weighted by atomic mass is 28.4. The van der Waals surface area contributed by atoms with Crippen molar-refractivity contribution in [2.24, 2.45) is 0 Å². The molecule has 1 aromatic carbocycles. The van der Waals surface area contributed by atoms with Gasteiger partial charge in [0.1, 0.15) is 12.4 Å². The molecule has 0 saturated carbocycles. The summed E-state index contributed by atoms with van der Waals surface area (Å²) in [5, 5.41) is 0. The third-order valence-corrected chi connectivity index (χ3v) is 3.94. The Labute approximate surface area is 131 Å². The van der Waals surface area contributed by atoms with Crippen molar-refractivity contribution in [3.63, 3.8) is 0 Å². The summed E-state index contributed by atoms with van der Waals surface area (Å²) in [4.78, 5) is 0. The Bertz CT molecular complexity index is 453. The van der Waals surface area contributed by atoms with Crippen LogP contribution in [0.15, 0.2) is 41.9 Å². The topological polar surface area (TPSA) is 27.7 Å². The summed E-state index contributed by atoms with van der Waals surface area (Å²) in [6.45, 7) is 15.4. The molecule has 118 valence electrons. The second kappa shape index (κ2) is 7.18. The van der Waals surface area contributed by atoms with Gasteiger partial charge < -0.3 is 13.6 Å². The van der Waals surface area contributed by atoms with Crippen LogP contribution in [0.25, 0.3) is 0 Å². The van der Waals surface area contributed by atoms with Crippen molar-refractivity contribution >= 4 is 16.6 Å². The minimum absolute atomic E-state index is 0.480. The molecule has 0 aliphatic heterocycles. The highest BCUT2D eigenvalue weighted by Crippen LogP contribution is 2.21. The summed E-state index contributed by atoms with van der Waals surface area (Å²) in [6.07, 6.45) is 0. The van der Waals surface area contributed by atoms with Gasteiger partial charge in [0.15, 0.2) is 0 Å². The lowest BCUT2D eigenvalue weighted by molar-refractivity contribution is 0.202. The standard InChI is InChI=1S/C16H28O3Si2/c1-14(13-17-15-11-9-8-10-12-15)16(18-20(2,3)4)19-21(5,6)7/h8-12H,13H2,1-7H3.